The van der Waals surface area contributed by atoms with Crippen molar-refractivity contribution < 1.29 is 4.79 Å². The van der Waals surface area contributed by atoms with Gasteiger partial charge in [0.1, 0.15) is 0 Å². The quantitative estimate of drug-likeness (QED) is 0.786. The third kappa shape index (κ3) is 2.85. The molecule has 98 valence electrons. The van der Waals surface area contributed by atoms with Crippen LogP contribution >= 0.6 is 11.6 Å². The summed E-state index contributed by atoms with van der Waals surface area (Å²) in [7, 11) is 4.26. The Kier molecular flexibility index (Phi) is 4.25. The minimum Gasteiger partial charge on any atom is -0.371 e. The van der Waals surface area contributed by atoms with Crippen molar-refractivity contribution in [3.05, 3.63) is 28.8 Å². The standard InChI is InChI=1S/C14H19ClN2O/c1-16-7-5-12(6-8-16)17(2)13-4-3-11(10-18)14(15)9-13/h3-4,9-10,12H,5-8H2,1-2H3. The second kappa shape index (κ2) is 5.72. The molecule has 1 saturated heterocycles. The molecule has 3 nitrogen and oxygen atoms in total. The van der Waals surface area contributed by atoms with Gasteiger partial charge >= 0.3 is 0 Å². The van der Waals surface area contributed by atoms with Gasteiger partial charge in [0.2, 0.25) is 0 Å². The molecular formula is C14H19ClN2O. The second-order valence-corrected chi connectivity index (χ2v) is 5.38. The van der Waals surface area contributed by atoms with Gasteiger partial charge in [-0.1, -0.05) is 11.6 Å². The van der Waals surface area contributed by atoms with Crippen molar-refractivity contribution in [2.75, 3.05) is 32.1 Å². The zero-order chi connectivity index (χ0) is 13.1. The van der Waals surface area contributed by atoms with Crippen LogP contribution in [-0.4, -0.2) is 44.4 Å². The molecule has 1 fully saturated rings. The summed E-state index contributed by atoms with van der Waals surface area (Å²) in [6.45, 7) is 2.27. The van der Waals surface area contributed by atoms with E-state index >= 15 is 0 Å². The number of piperidine rings is 1. The maximum absolute atomic E-state index is 10.7. The molecule has 0 spiro atoms. The lowest BCUT2D eigenvalue weighted by Crippen LogP contribution is -2.41. The Morgan fingerprint density at radius 3 is 2.61 bits per heavy atom. The second-order valence-electron chi connectivity index (χ2n) is 4.97. The number of nitrogens with zero attached hydrogens (tertiary/aromatic N) is 2. The lowest BCUT2D eigenvalue weighted by atomic mass is 10.0. The first kappa shape index (κ1) is 13.4. The van der Waals surface area contributed by atoms with Gasteiger partial charge in [-0.05, 0) is 51.2 Å². The van der Waals surface area contributed by atoms with Crippen LogP contribution in [0.15, 0.2) is 18.2 Å². The molecule has 1 aliphatic heterocycles. The summed E-state index contributed by atoms with van der Waals surface area (Å²) >= 11 is 6.07. The average Bonchev–Trinajstić information content (AvgIpc) is 2.38. The number of aldehydes is 1. The molecule has 0 bridgehead atoms. The SMILES string of the molecule is CN1CCC(N(C)c2ccc(C=O)c(Cl)c2)CC1. The Labute approximate surface area is 113 Å². The molecule has 1 aromatic rings. The Bertz CT molecular complexity index is 428. The molecule has 18 heavy (non-hydrogen) atoms. The van der Waals surface area contributed by atoms with Gasteiger partial charge < -0.3 is 9.80 Å². The van der Waals surface area contributed by atoms with E-state index in [1.165, 1.54) is 12.8 Å². The van der Waals surface area contributed by atoms with Crippen molar-refractivity contribution in [2.24, 2.45) is 0 Å². The molecule has 0 unspecified atom stereocenters. The van der Waals surface area contributed by atoms with Crippen molar-refractivity contribution in [3.63, 3.8) is 0 Å². The van der Waals surface area contributed by atoms with Crippen LogP contribution in [0.2, 0.25) is 5.02 Å². The van der Waals surface area contributed by atoms with Crippen LogP contribution in [0.4, 0.5) is 5.69 Å². The van der Waals surface area contributed by atoms with E-state index in [1.807, 2.05) is 12.1 Å². The molecule has 1 aliphatic rings. The Hall–Kier alpha value is -1.06. The van der Waals surface area contributed by atoms with Crippen LogP contribution in [0.25, 0.3) is 0 Å². The van der Waals surface area contributed by atoms with Gasteiger partial charge in [0.25, 0.3) is 0 Å². The Balaban J connectivity index is 2.11. The van der Waals surface area contributed by atoms with Crippen LogP contribution in [-0.2, 0) is 0 Å². The first-order valence-corrected chi connectivity index (χ1v) is 6.65. The number of hydrogen-bond acceptors (Lipinski definition) is 3. The topological polar surface area (TPSA) is 23.6 Å². The number of likely N-dealkylation sites (tertiary alicyclic amines) is 1. The fraction of sp³-hybridized carbons (Fsp3) is 0.500. The largest absolute Gasteiger partial charge is 0.371 e. The molecule has 0 radical (unpaired) electrons. The zero-order valence-electron chi connectivity index (χ0n) is 10.9. The van der Waals surface area contributed by atoms with Crippen LogP contribution in [0.1, 0.15) is 23.2 Å². The van der Waals surface area contributed by atoms with Crippen LogP contribution in [0.5, 0.6) is 0 Å². The van der Waals surface area contributed by atoms with Gasteiger partial charge in [0, 0.05) is 24.3 Å². The molecule has 0 amide bonds. The van der Waals surface area contributed by atoms with E-state index in [0.29, 0.717) is 16.6 Å². The molecule has 4 heteroatoms. The van der Waals surface area contributed by atoms with Crippen molar-refractivity contribution in [3.8, 4) is 0 Å². The van der Waals surface area contributed by atoms with E-state index in [1.54, 1.807) is 6.07 Å². The van der Waals surface area contributed by atoms with E-state index in [4.69, 9.17) is 11.6 Å². The summed E-state index contributed by atoms with van der Waals surface area (Å²) < 4.78 is 0. The third-order valence-corrected chi connectivity index (χ3v) is 4.08. The lowest BCUT2D eigenvalue weighted by Gasteiger charge is -2.36. The molecule has 0 atom stereocenters. The third-order valence-electron chi connectivity index (χ3n) is 3.75. The maximum atomic E-state index is 10.7. The molecule has 0 saturated carbocycles. The van der Waals surface area contributed by atoms with Crippen molar-refractivity contribution in [2.45, 2.75) is 18.9 Å². The summed E-state index contributed by atoms with van der Waals surface area (Å²) in [5.41, 5.74) is 1.64. The predicted octanol–water partition coefficient (Wildman–Crippen LogP) is 2.68. The molecule has 0 N–H and O–H groups in total. The normalized spacial score (nSPS) is 17.7. The summed E-state index contributed by atoms with van der Waals surface area (Å²) in [4.78, 5) is 15.4. The van der Waals surface area contributed by atoms with Crippen LogP contribution in [0.3, 0.4) is 0 Å². The molecule has 2 rings (SSSR count). The van der Waals surface area contributed by atoms with Gasteiger partial charge in [-0.3, -0.25) is 4.79 Å². The number of benzene rings is 1. The van der Waals surface area contributed by atoms with Gasteiger partial charge in [-0.15, -0.1) is 0 Å². The molecule has 0 aliphatic carbocycles. The fourth-order valence-corrected chi connectivity index (χ4v) is 2.64. The van der Waals surface area contributed by atoms with Crippen molar-refractivity contribution in [1.29, 1.82) is 0 Å². The van der Waals surface area contributed by atoms with E-state index in [9.17, 15) is 4.79 Å². The van der Waals surface area contributed by atoms with Gasteiger partial charge in [0.05, 0.1) is 5.02 Å². The van der Waals surface area contributed by atoms with Crippen molar-refractivity contribution in [1.82, 2.24) is 4.90 Å². The summed E-state index contributed by atoms with van der Waals surface area (Å²) in [6.07, 6.45) is 3.13. The Morgan fingerprint density at radius 1 is 1.39 bits per heavy atom. The molecule has 0 aromatic heterocycles. The highest BCUT2D eigenvalue weighted by Crippen LogP contribution is 2.26. The highest BCUT2D eigenvalue weighted by atomic mass is 35.5. The van der Waals surface area contributed by atoms with E-state index in [-0.39, 0.29) is 0 Å². The minimum absolute atomic E-state index is 0.530. The first-order valence-electron chi connectivity index (χ1n) is 6.28. The zero-order valence-corrected chi connectivity index (χ0v) is 11.7. The maximum Gasteiger partial charge on any atom is 0.151 e. The molecule has 1 heterocycles. The summed E-state index contributed by atoms with van der Waals surface area (Å²) in [5.74, 6) is 0. The molecule has 1 aromatic carbocycles. The van der Waals surface area contributed by atoms with Gasteiger partial charge in [0.15, 0.2) is 6.29 Å². The van der Waals surface area contributed by atoms with Crippen LogP contribution in [0, 0.1) is 0 Å². The van der Waals surface area contributed by atoms with E-state index in [0.717, 1.165) is 25.1 Å². The minimum atomic E-state index is 0.530. The predicted molar refractivity (Wildman–Crippen MR) is 75.8 cm³/mol. The van der Waals surface area contributed by atoms with Gasteiger partial charge in [-0.2, -0.15) is 0 Å². The lowest BCUT2D eigenvalue weighted by molar-refractivity contribution is 0.112. The summed E-state index contributed by atoms with van der Waals surface area (Å²) in [5, 5.41) is 0.530. The smallest absolute Gasteiger partial charge is 0.151 e. The number of halogens is 1. The average molecular weight is 267 g/mol. The monoisotopic (exact) mass is 266 g/mol. The number of carbonyl (C=O) groups is 1. The highest BCUT2D eigenvalue weighted by Gasteiger charge is 2.21. The Morgan fingerprint density at radius 2 is 2.06 bits per heavy atom. The van der Waals surface area contributed by atoms with Gasteiger partial charge in [-0.25, -0.2) is 0 Å². The molecular weight excluding hydrogens is 248 g/mol. The highest BCUT2D eigenvalue weighted by molar-refractivity contribution is 6.33. The first-order chi connectivity index (χ1) is 8.61. The van der Waals surface area contributed by atoms with E-state index < -0.39 is 0 Å². The van der Waals surface area contributed by atoms with E-state index in [2.05, 4.69) is 23.9 Å². The number of anilines is 1. The number of hydrogen-bond donors (Lipinski definition) is 0. The fourth-order valence-electron chi connectivity index (χ4n) is 2.42. The number of rotatable bonds is 3. The number of carbonyl (C=O) groups excluding carboxylic acids is 1. The summed E-state index contributed by atoms with van der Waals surface area (Å²) in [6, 6.07) is 6.19. The van der Waals surface area contributed by atoms with Crippen molar-refractivity contribution >= 4 is 23.6 Å². The van der Waals surface area contributed by atoms with Crippen LogP contribution < -0.4 is 4.90 Å².